The minimum absolute atomic E-state index is 0.631. The number of aromatic nitrogens is 5. The lowest BCUT2D eigenvalue weighted by atomic mass is 10.5. The largest absolute Gasteiger partial charge is 0.277 e. The van der Waals surface area contributed by atoms with Crippen molar-refractivity contribution in [2.45, 2.75) is 10.9 Å². The van der Waals surface area contributed by atoms with Gasteiger partial charge in [-0.05, 0) is 12.1 Å². The first-order valence-corrected chi connectivity index (χ1v) is 6.87. The first-order valence-electron chi connectivity index (χ1n) is 4.74. The zero-order valence-electron chi connectivity index (χ0n) is 8.45. The Kier molecular flexibility index (Phi) is 2.96. The summed E-state index contributed by atoms with van der Waals surface area (Å²) in [5.74, 6) is 0.644. The Bertz CT molecular complexity index is 649. The van der Waals surface area contributed by atoms with Crippen LogP contribution in [0, 0.1) is 0 Å². The van der Waals surface area contributed by atoms with Gasteiger partial charge in [-0.15, -0.1) is 15.3 Å². The highest BCUT2D eigenvalue weighted by atomic mass is 35.5. The van der Waals surface area contributed by atoms with Crippen molar-refractivity contribution in [1.82, 2.24) is 24.2 Å². The molecule has 0 aromatic carbocycles. The Morgan fingerprint density at radius 3 is 3.06 bits per heavy atom. The molecule has 0 unspecified atom stereocenters. The predicted octanol–water partition coefficient (Wildman–Crippen LogP) is 2.53. The van der Waals surface area contributed by atoms with Crippen molar-refractivity contribution in [3.8, 4) is 0 Å². The lowest BCUT2D eigenvalue weighted by Gasteiger charge is -1.97. The van der Waals surface area contributed by atoms with Gasteiger partial charge in [0.1, 0.15) is 10.0 Å². The third kappa shape index (κ3) is 2.13. The van der Waals surface area contributed by atoms with E-state index >= 15 is 0 Å². The second-order valence-corrected chi connectivity index (χ2v) is 5.49. The zero-order valence-corrected chi connectivity index (χ0v) is 10.8. The van der Waals surface area contributed by atoms with Crippen LogP contribution in [0.1, 0.15) is 5.69 Å². The van der Waals surface area contributed by atoms with Crippen molar-refractivity contribution in [2.75, 3.05) is 0 Å². The summed E-state index contributed by atoms with van der Waals surface area (Å²) in [5, 5.41) is 13.0. The summed E-state index contributed by atoms with van der Waals surface area (Å²) < 4.78 is 6.35. The van der Waals surface area contributed by atoms with E-state index in [0.717, 1.165) is 16.5 Å². The zero-order chi connectivity index (χ0) is 11.7. The van der Waals surface area contributed by atoms with E-state index in [0.29, 0.717) is 10.1 Å². The van der Waals surface area contributed by atoms with Gasteiger partial charge in [0, 0.05) is 23.5 Å². The quantitative estimate of drug-likeness (QED) is 0.691. The summed E-state index contributed by atoms with van der Waals surface area (Å²) in [6, 6.07) is 5.78. The minimum Gasteiger partial charge on any atom is -0.277 e. The highest BCUT2D eigenvalue weighted by molar-refractivity contribution is 7.98. The van der Waals surface area contributed by atoms with Gasteiger partial charge in [0.15, 0.2) is 10.8 Å². The smallest absolute Gasteiger partial charge is 0.195 e. The highest BCUT2D eigenvalue weighted by Crippen LogP contribution is 2.26. The molecule has 0 N–H and O–H groups in total. The van der Waals surface area contributed by atoms with Crippen LogP contribution in [0.4, 0.5) is 0 Å². The number of halogens is 1. The molecule has 0 radical (unpaired) electrons. The van der Waals surface area contributed by atoms with Crippen LogP contribution >= 0.6 is 34.9 Å². The van der Waals surface area contributed by atoms with Gasteiger partial charge in [0.25, 0.3) is 0 Å². The molecule has 86 valence electrons. The second-order valence-electron chi connectivity index (χ2n) is 3.19. The predicted molar refractivity (Wildman–Crippen MR) is 67.5 cm³/mol. The van der Waals surface area contributed by atoms with Crippen molar-refractivity contribution < 1.29 is 0 Å². The van der Waals surface area contributed by atoms with E-state index in [4.69, 9.17) is 11.6 Å². The summed E-state index contributed by atoms with van der Waals surface area (Å²) >= 11 is 8.67. The fraction of sp³-hybridized carbons (Fsp3) is 0.111. The summed E-state index contributed by atoms with van der Waals surface area (Å²) in [5.41, 5.74) is 1.62. The number of hydrogen-bond donors (Lipinski definition) is 0. The topological polar surface area (TPSA) is 56.0 Å². The van der Waals surface area contributed by atoms with Gasteiger partial charge in [-0.2, -0.15) is 0 Å². The van der Waals surface area contributed by atoms with Crippen LogP contribution in [-0.2, 0) is 5.75 Å². The average Bonchev–Trinajstić information content (AvgIpc) is 2.93. The minimum atomic E-state index is 0.631. The second kappa shape index (κ2) is 4.59. The first kappa shape index (κ1) is 10.9. The molecular formula is C9H6ClN5S2. The van der Waals surface area contributed by atoms with Gasteiger partial charge in [-0.1, -0.05) is 33.9 Å². The van der Waals surface area contributed by atoms with Crippen molar-refractivity contribution in [3.05, 3.63) is 34.4 Å². The van der Waals surface area contributed by atoms with Crippen LogP contribution in [0.2, 0.25) is 4.34 Å². The van der Waals surface area contributed by atoms with E-state index in [1.807, 2.05) is 28.8 Å². The lowest BCUT2D eigenvalue weighted by molar-refractivity contribution is 0.919. The molecule has 5 nitrogen and oxygen atoms in total. The van der Waals surface area contributed by atoms with E-state index in [1.54, 1.807) is 0 Å². The van der Waals surface area contributed by atoms with E-state index in [2.05, 4.69) is 19.8 Å². The van der Waals surface area contributed by atoms with Gasteiger partial charge >= 0.3 is 0 Å². The molecule has 0 atom stereocenters. The Hall–Kier alpha value is -1.18. The Labute approximate surface area is 110 Å². The molecule has 0 saturated carbocycles. The Morgan fingerprint density at radius 1 is 1.29 bits per heavy atom. The molecule has 0 spiro atoms. The molecule has 0 bridgehead atoms. The van der Waals surface area contributed by atoms with Crippen LogP contribution in [0.25, 0.3) is 5.65 Å². The molecule has 8 heteroatoms. The van der Waals surface area contributed by atoms with Crippen LogP contribution in [-0.4, -0.2) is 24.2 Å². The van der Waals surface area contributed by atoms with Crippen molar-refractivity contribution in [1.29, 1.82) is 0 Å². The average molecular weight is 284 g/mol. The standard InChI is InChI=1S/C9H6ClN5S2/c10-8-6(11-14-17-8)5-16-9-13-12-7-3-1-2-4-15(7)9/h1-4H,5H2. The maximum atomic E-state index is 5.94. The maximum absolute atomic E-state index is 5.94. The SMILES string of the molecule is Clc1snnc1CSc1nnc2ccccn12. The van der Waals surface area contributed by atoms with E-state index in [9.17, 15) is 0 Å². The third-order valence-electron chi connectivity index (χ3n) is 2.13. The fourth-order valence-corrected chi connectivity index (χ4v) is 2.99. The molecule has 0 aliphatic rings. The molecular weight excluding hydrogens is 278 g/mol. The van der Waals surface area contributed by atoms with E-state index in [1.165, 1.54) is 23.3 Å². The normalized spacial score (nSPS) is 11.1. The molecule has 3 rings (SSSR count). The first-order chi connectivity index (χ1) is 8.34. The molecule has 3 aromatic heterocycles. The van der Waals surface area contributed by atoms with Gasteiger partial charge in [0.05, 0.1) is 0 Å². The van der Waals surface area contributed by atoms with Crippen molar-refractivity contribution in [3.63, 3.8) is 0 Å². The van der Waals surface area contributed by atoms with Crippen LogP contribution in [0.3, 0.4) is 0 Å². The molecule has 3 heterocycles. The van der Waals surface area contributed by atoms with Gasteiger partial charge in [-0.25, -0.2) is 0 Å². The number of fused-ring (bicyclic) bond motifs is 1. The summed E-state index contributed by atoms with van der Waals surface area (Å²) in [6.45, 7) is 0. The Balaban J connectivity index is 1.84. The van der Waals surface area contributed by atoms with Crippen LogP contribution in [0.5, 0.6) is 0 Å². The molecule has 0 fully saturated rings. The summed E-state index contributed by atoms with van der Waals surface area (Å²) in [6.07, 6.45) is 1.93. The van der Waals surface area contributed by atoms with Crippen molar-refractivity contribution >= 4 is 40.5 Å². The Morgan fingerprint density at radius 2 is 2.24 bits per heavy atom. The van der Waals surface area contributed by atoms with Gasteiger partial charge in [0.2, 0.25) is 0 Å². The number of rotatable bonds is 3. The molecule has 17 heavy (non-hydrogen) atoms. The maximum Gasteiger partial charge on any atom is 0.195 e. The summed E-state index contributed by atoms with van der Waals surface area (Å²) in [7, 11) is 0. The van der Waals surface area contributed by atoms with Gasteiger partial charge in [-0.3, -0.25) is 4.40 Å². The number of nitrogens with zero attached hydrogens (tertiary/aromatic N) is 5. The highest BCUT2D eigenvalue weighted by Gasteiger charge is 2.09. The number of hydrogen-bond acceptors (Lipinski definition) is 6. The summed E-state index contributed by atoms with van der Waals surface area (Å²) in [4.78, 5) is 0. The van der Waals surface area contributed by atoms with E-state index in [-0.39, 0.29) is 0 Å². The lowest BCUT2D eigenvalue weighted by Crippen LogP contribution is -1.88. The third-order valence-corrected chi connectivity index (χ3v) is 4.07. The number of thioether (sulfide) groups is 1. The molecule has 3 aromatic rings. The number of pyridine rings is 1. The molecule has 0 aliphatic heterocycles. The van der Waals surface area contributed by atoms with Crippen LogP contribution < -0.4 is 0 Å². The van der Waals surface area contributed by atoms with Crippen LogP contribution in [0.15, 0.2) is 29.6 Å². The monoisotopic (exact) mass is 283 g/mol. The molecule has 0 saturated heterocycles. The van der Waals surface area contributed by atoms with Gasteiger partial charge < -0.3 is 0 Å². The fourth-order valence-electron chi connectivity index (χ4n) is 1.33. The molecule has 0 amide bonds. The van der Waals surface area contributed by atoms with E-state index < -0.39 is 0 Å². The molecule has 0 aliphatic carbocycles. The van der Waals surface area contributed by atoms with Crippen molar-refractivity contribution in [2.24, 2.45) is 0 Å².